The third kappa shape index (κ3) is 1.48. The molecule has 14 heavy (non-hydrogen) atoms. The Morgan fingerprint density at radius 3 is 2.79 bits per heavy atom. The Morgan fingerprint density at radius 1 is 1.36 bits per heavy atom. The van der Waals surface area contributed by atoms with Gasteiger partial charge in [-0.3, -0.25) is 0 Å². The molecule has 0 amide bonds. The fourth-order valence-electron chi connectivity index (χ4n) is 2.32. The van der Waals surface area contributed by atoms with E-state index in [0.717, 1.165) is 13.1 Å². The summed E-state index contributed by atoms with van der Waals surface area (Å²) in [5.41, 5.74) is 8.92. The first-order valence-corrected chi connectivity index (χ1v) is 5.52. The maximum absolute atomic E-state index is 5.82. The molecule has 0 radical (unpaired) electrons. The van der Waals surface area contributed by atoms with Gasteiger partial charge in [0.05, 0.1) is 0 Å². The summed E-state index contributed by atoms with van der Waals surface area (Å²) in [5, 5.41) is 0. The van der Waals surface area contributed by atoms with Gasteiger partial charge in [-0.2, -0.15) is 0 Å². The molecule has 0 saturated carbocycles. The lowest BCUT2D eigenvalue weighted by molar-refractivity contribution is 0.199. The average Bonchev–Trinajstić information content (AvgIpc) is 2.61. The van der Waals surface area contributed by atoms with Crippen molar-refractivity contribution in [3.05, 3.63) is 23.4 Å². The topological polar surface area (TPSA) is 29.3 Å². The lowest BCUT2D eigenvalue weighted by Gasteiger charge is -2.37. The van der Waals surface area contributed by atoms with Crippen LogP contribution in [-0.4, -0.2) is 23.5 Å². The van der Waals surface area contributed by atoms with Crippen LogP contribution in [0.2, 0.25) is 0 Å². The third-order valence-electron chi connectivity index (χ3n) is 3.35. The van der Waals surface area contributed by atoms with Crippen LogP contribution in [0.3, 0.4) is 0 Å². The van der Waals surface area contributed by atoms with Crippen molar-refractivity contribution in [1.82, 2.24) is 4.90 Å². The van der Waals surface area contributed by atoms with Crippen molar-refractivity contribution in [1.29, 1.82) is 0 Å². The second-order valence-corrected chi connectivity index (χ2v) is 4.81. The quantitative estimate of drug-likeness (QED) is 0.725. The molecule has 1 aliphatic carbocycles. The van der Waals surface area contributed by atoms with Crippen LogP contribution < -0.4 is 5.73 Å². The average molecular weight is 192 g/mol. The summed E-state index contributed by atoms with van der Waals surface area (Å²) in [6, 6.07) is 0. The lowest BCUT2D eigenvalue weighted by Crippen LogP contribution is -2.47. The van der Waals surface area contributed by atoms with E-state index >= 15 is 0 Å². The molecule has 2 N–H and O–H groups in total. The van der Waals surface area contributed by atoms with Crippen LogP contribution in [0, 0.1) is 0 Å². The number of allylic oxidation sites excluding steroid dienone is 3. The second-order valence-electron chi connectivity index (χ2n) is 4.81. The second kappa shape index (κ2) is 3.43. The molecule has 2 heteroatoms. The zero-order valence-electron chi connectivity index (χ0n) is 9.21. The van der Waals surface area contributed by atoms with Gasteiger partial charge in [0.1, 0.15) is 0 Å². The Bertz CT molecular complexity index is 287. The smallest absolute Gasteiger partial charge is 0.0468 e. The molecule has 0 spiro atoms. The van der Waals surface area contributed by atoms with E-state index in [-0.39, 0.29) is 5.54 Å². The van der Waals surface area contributed by atoms with Crippen LogP contribution in [0.25, 0.3) is 0 Å². The van der Waals surface area contributed by atoms with Crippen LogP contribution >= 0.6 is 0 Å². The number of hydrogen-bond donors (Lipinski definition) is 1. The molecule has 2 nitrogen and oxygen atoms in total. The number of rotatable bonds is 2. The van der Waals surface area contributed by atoms with Crippen LogP contribution in [0.1, 0.15) is 33.1 Å². The molecular formula is C12H20N2. The summed E-state index contributed by atoms with van der Waals surface area (Å²) >= 11 is 0. The molecule has 2 rings (SSSR count). The zero-order chi connectivity index (χ0) is 10.2. The Balaban J connectivity index is 2.24. The fraction of sp³-hybridized carbons (Fsp3) is 0.667. The Morgan fingerprint density at radius 2 is 2.07 bits per heavy atom. The summed E-state index contributed by atoms with van der Waals surface area (Å²) in [5.74, 6) is 0. The van der Waals surface area contributed by atoms with Crippen molar-refractivity contribution >= 4 is 0 Å². The molecule has 0 bridgehead atoms. The van der Waals surface area contributed by atoms with Crippen LogP contribution in [-0.2, 0) is 0 Å². The highest BCUT2D eigenvalue weighted by Crippen LogP contribution is 2.36. The number of hydrogen-bond acceptors (Lipinski definition) is 2. The van der Waals surface area contributed by atoms with Crippen molar-refractivity contribution in [3.63, 3.8) is 0 Å². The van der Waals surface area contributed by atoms with Crippen molar-refractivity contribution in [2.75, 3.05) is 13.1 Å². The molecule has 0 aromatic heterocycles. The van der Waals surface area contributed by atoms with E-state index < -0.39 is 0 Å². The van der Waals surface area contributed by atoms with E-state index in [4.69, 9.17) is 5.73 Å². The van der Waals surface area contributed by atoms with Gasteiger partial charge in [-0.1, -0.05) is 12.2 Å². The number of likely N-dealkylation sites (tertiary alicyclic amines) is 1. The van der Waals surface area contributed by atoms with Crippen molar-refractivity contribution in [2.24, 2.45) is 5.73 Å². The predicted molar refractivity (Wildman–Crippen MR) is 59.9 cm³/mol. The third-order valence-corrected chi connectivity index (χ3v) is 3.35. The normalized spacial score (nSPS) is 21.8. The minimum Gasteiger partial charge on any atom is -0.365 e. The summed E-state index contributed by atoms with van der Waals surface area (Å²) < 4.78 is 0. The van der Waals surface area contributed by atoms with Gasteiger partial charge in [0.2, 0.25) is 0 Å². The van der Waals surface area contributed by atoms with Gasteiger partial charge in [-0.25, -0.2) is 0 Å². The highest BCUT2D eigenvalue weighted by molar-refractivity contribution is 5.37. The van der Waals surface area contributed by atoms with Gasteiger partial charge in [-0.15, -0.1) is 0 Å². The van der Waals surface area contributed by atoms with Crippen molar-refractivity contribution < 1.29 is 0 Å². The SMILES string of the molecule is CC(C)(CN)N1CCC2=CCCC=C21. The minimum absolute atomic E-state index is 0.110. The molecule has 0 aromatic rings. The molecule has 0 atom stereocenters. The predicted octanol–water partition coefficient (Wildman–Crippen LogP) is 2.03. The summed E-state index contributed by atoms with van der Waals surface area (Å²) in [6.07, 6.45) is 8.38. The van der Waals surface area contributed by atoms with Gasteiger partial charge >= 0.3 is 0 Å². The van der Waals surface area contributed by atoms with Gasteiger partial charge < -0.3 is 10.6 Å². The number of fused-ring (bicyclic) bond motifs is 1. The van der Waals surface area contributed by atoms with Gasteiger partial charge in [0, 0.05) is 24.3 Å². The Labute approximate surface area is 86.5 Å². The first-order chi connectivity index (χ1) is 6.65. The van der Waals surface area contributed by atoms with E-state index in [2.05, 4.69) is 30.9 Å². The standard InChI is InChI=1S/C12H20N2/c1-12(2,9-13)14-8-7-10-5-3-4-6-11(10)14/h5-6H,3-4,7-9,13H2,1-2H3. The van der Waals surface area contributed by atoms with Gasteiger partial charge in [-0.05, 0) is 38.7 Å². The van der Waals surface area contributed by atoms with E-state index in [0.29, 0.717) is 0 Å². The molecule has 0 aromatic carbocycles. The summed E-state index contributed by atoms with van der Waals surface area (Å²) in [7, 11) is 0. The van der Waals surface area contributed by atoms with Crippen LogP contribution in [0.4, 0.5) is 0 Å². The molecular weight excluding hydrogens is 172 g/mol. The summed E-state index contributed by atoms with van der Waals surface area (Å²) in [6.45, 7) is 6.32. The first-order valence-electron chi connectivity index (χ1n) is 5.52. The largest absolute Gasteiger partial charge is 0.365 e. The fourth-order valence-corrected chi connectivity index (χ4v) is 2.32. The summed E-state index contributed by atoms with van der Waals surface area (Å²) in [4.78, 5) is 2.47. The minimum atomic E-state index is 0.110. The lowest BCUT2D eigenvalue weighted by atomic mass is 10.00. The van der Waals surface area contributed by atoms with Crippen molar-refractivity contribution in [2.45, 2.75) is 38.6 Å². The molecule has 2 aliphatic rings. The molecule has 78 valence electrons. The maximum Gasteiger partial charge on any atom is 0.0468 e. The van der Waals surface area contributed by atoms with Crippen LogP contribution in [0.15, 0.2) is 23.4 Å². The van der Waals surface area contributed by atoms with Gasteiger partial charge in [0.25, 0.3) is 0 Å². The molecule has 1 aliphatic heterocycles. The van der Waals surface area contributed by atoms with E-state index in [1.807, 2.05) is 0 Å². The zero-order valence-corrected chi connectivity index (χ0v) is 9.21. The molecule has 1 fully saturated rings. The molecule has 1 saturated heterocycles. The molecule has 1 heterocycles. The monoisotopic (exact) mass is 192 g/mol. The van der Waals surface area contributed by atoms with E-state index in [1.165, 1.54) is 30.5 Å². The molecule has 0 unspecified atom stereocenters. The highest BCUT2D eigenvalue weighted by Gasteiger charge is 2.33. The first kappa shape index (κ1) is 9.78. The highest BCUT2D eigenvalue weighted by atomic mass is 15.2. The Hall–Kier alpha value is -0.760. The number of nitrogens with zero attached hydrogens (tertiary/aromatic N) is 1. The maximum atomic E-state index is 5.82. The van der Waals surface area contributed by atoms with Crippen LogP contribution in [0.5, 0.6) is 0 Å². The Kier molecular flexibility index (Phi) is 2.40. The number of nitrogens with two attached hydrogens (primary N) is 1. The van der Waals surface area contributed by atoms with E-state index in [1.54, 1.807) is 0 Å². The van der Waals surface area contributed by atoms with E-state index in [9.17, 15) is 0 Å². The van der Waals surface area contributed by atoms with Crippen molar-refractivity contribution in [3.8, 4) is 0 Å². The van der Waals surface area contributed by atoms with Gasteiger partial charge in [0.15, 0.2) is 0 Å².